The number of rotatable bonds is 1. The average Bonchev–Trinajstić information content (AvgIpc) is 2.84. The molecule has 0 unspecified atom stereocenters. The van der Waals surface area contributed by atoms with Crippen molar-refractivity contribution in [2.45, 2.75) is 6.92 Å². The van der Waals surface area contributed by atoms with Gasteiger partial charge >= 0.3 is 0 Å². The highest BCUT2D eigenvalue weighted by atomic mass is 79.9. The summed E-state index contributed by atoms with van der Waals surface area (Å²) < 4.78 is 2.78. The molecule has 2 heterocycles. The van der Waals surface area contributed by atoms with Crippen LogP contribution in [0.15, 0.2) is 41.0 Å². The van der Waals surface area contributed by atoms with E-state index < -0.39 is 0 Å². The zero-order chi connectivity index (χ0) is 13.4. The Morgan fingerprint density at radius 3 is 2.84 bits per heavy atom. The monoisotopic (exact) mass is 312 g/mol. The van der Waals surface area contributed by atoms with Crippen molar-refractivity contribution in [3.8, 4) is 17.5 Å². The lowest BCUT2D eigenvalue weighted by atomic mass is 10.1. The normalized spacial score (nSPS) is 10.6. The minimum atomic E-state index is 0.581. The summed E-state index contributed by atoms with van der Waals surface area (Å²) in [6.07, 6.45) is 1.75. The van der Waals surface area contributed by atoms with Crippen molar-refractivity contribution in [3.63, 3.8) is 0 Å². The molecule has 3 aromatic rings. The number of benzene rings is 1. The summed E-state index contributed by atoms with van der Waals surface area (Å²) in [4.78, 5) is 0. The van der Waals surface area contributed by atoms with Crippen LogP contribution in [0, 0.1) is 18.3 Å². The zero-order valence-electron chi connectivity index (χ0n) is 10.1. The zero-order valence-corrected chi connectivity index (χ0v) is 11.7. The summed E-state index contributed by atoms with van der Waals surface area (Å²) in [5.74, 6) is 0.725. The van der Waals surface area contributed by atoms with E-state index in [4.69, 9.17) is 5.26 Å². The average molecular weight is 313 g/mol. The van der Waals surface area contributed by atoms with E-state index in [0.717, 1.165) is 27.1 Å². The quantitative estimate of drug-likeness (QED) is 0.692. The molecule has 0 radical (unpaired) electrons. The van der Waals surface area contributed by atoms with E-state index in [1.807, 2.05) is 29.5 Å². The summed E-state index contributed by atoms with van der Waals surface area (Å²) in [5.41, 5.74) is 3.41. The predicted molar refractivity (Wildman–Crippen MR) is 75.6 cm³/mol. The second-order valence-corrected chi connectivity index (χ2v) is 5.12. The van der Waals surface area contributed by atoms with E-state index in [1.165, 1.54) is 0 Å². The molecule has 0 atom stereocenters. The molecule has 5 heteroatoms. The lowest BCUT2D eigenvalue weighted by Crippen LogP contribution is -1.92. The highest BCUT2D eigenvalue weighted by Gasteiger charge is 2.11. The number of fused-ring (bicyclic) bond motifs is 1. The van der Waals surface area contributed by atoms with Gasteiger partial charge in [-0.25, -0.2) is 0 Å². The molecule has 0 amide bonds. The van der Waals surface area contributed by atoms with E-state index in [9.17, 15) is 0 Å². The third-order valence-electron chi connectivity index (χ3n) is 2.89. The maximum absolute atomic E-state index is 8.98. The molecule has 0 saturated heterocycles. The van der Waals surface area contributed by atoms with Crippen LogP contribution in [-0.2, 0) is 0 Å². The number of nitriles is 1. The second-order valence-electron chi connectivity index (χ2n) is 4.26. The lowest BCUT2D eigenvalue weighted by Gasteiger charge is -2.04. The van der Waals surface area contributed by atoms with Crippen LogP contribution < -0.4 is 0 Å². The molecule has 2 aromatic heterocycles. The third kappa shape index (κ3) is 2.00. The Morgan fingerprint density at radius 2 is 2.05 bits per heavy atom. The number of hydrogen-bond acceptors (Lipinski definition) is 3. The van der Waals surface area contributed by atoms with Crippen molar-refractivity contribution in [1.82, 2.24) is 14.6 Å². The van der Waals surface area contributed by atoms with Gasteiger partial charge in [-0.2, -0.15) is 5.26 Å². The van der Waals surface area contributed by atoms with Crippen LogP contribution in [0.25, 0.3) is 17.0 Å². The Balaban J connectivity index is 2.31. The van der Waals surface area contributed by atoms with Crippen molar-refractivity contribution in [2.75, 3.05) is 0 Å². The van der Waals surface area contributed by atoms with Gasteiger partial charge in [0.25, 0.3) is 0 Å². The molecular formula is C14H9BrN4. The molecule has 0 aliphatic carbocycles. The standard InChI is InChI=1S/C14H9BrN4/c1-9-2-4-12(15)11(6-9)14-18-17-13-5-3-10(7-16)8-19(13)14/h2-6,8H,1H3. The van der Waals surface area contributed by atoms with E-state index in [-0.39, 0.29) is 0 Å². The maximum Gasteiger partial charge on any atom is 0.169 e. The molecule has 0 aliphatic rings. The Bertz CT molecular complexity index is 814. The highest BCUT2D eigenvalue weighted by molar-refractivity contribution is 9.10. The van der Waals surface area contributed by atoms with Crippen molar-refractivity contribution >= 4 is 21.6 Å². The van der Waals surface area contributed by atoms with Gasteiger partial charge in [0, 0.05) is 16.2 Å². The van der Waals surface area contributed by atoms with Crippen molar-refractivity contribution in [1.29, 1.82) is 5.26 Å². The lowest BCUT2D eigenvalue weighted by molar-refractivity contribution is 1.11. The fraction of sp³-hybridized carbons (Fsp3) is 0.0714. The molecule has 0 spiro atoms. The summed E-state index contributed by atoms with van der Waals surface area (Å²) >= 11 is 3.53. The molecule has 1 aromatic carbocycles. The van der Waals surface area contributed by atoms with E-state index in [2.05, 4.69) is 32.2 Å². The summed E-state index contributed by atoms with van der Waals surface area (Å²) in [6, 6.07) is 11.7. The molecule has 0 saturated carbocycles. The van der Waals surface area contributed by atoms with Gasteiger partial charge in [-0.1, -0.05) is 27.6 Å². The first-order chi connectivity index (χ1) is 9.19. The topological polar surface area (TPSA) is 54.0 Å². The number of pyridine rings is 1. The van der Waals surface area contributed by atoms with Gasteiger partial charge in [0.1, 0.15) is 6.07 Å². The Labute approximate surface area is 118 Å². The number of nitrogens with zero attached hydrogens (tertiary/aromatic N) is 4. The molecule has 92 valence electrons. The van der Waals surface area contributed by atoms with Crippen LogP contribution in [0.4, 0.5) is 0 Å². The number of aromatic nitrogens is 3. The molecule has 4 nitrogen and oxygen atoms in total. The van der Waals surface area contributed by atoms with Crippen LogP contribution in [0.2, 0.25) is 0 Å². The fourth-order valence-corrected chi connectivity index (χ4v) is 2.37. The number of halogens is 1. The maximum atomic E-state index is 8.98. The van der Waals surface area contributed by atoms with Gasteiger partial charge in [-0.15, -0.1) is 10.2 Å². The summed E-state index contributed by atoms with van der Waals surface area (Å²) in [5, 5.41) is 17.3. The van der Waals surface area contributed by atoms with Crippen LogP contribution in [0.3, 0.4) is 0 Å². The van der Waals surface area contributed by atoms with Crippen molar-refractivity contribution < 1.29 is 0 Å². The van der Waals surface area contributed by atoms with Crippen LogP contribution in [-0.4, -0.2) is 14.6 Å². The predicted octanol–water partition coefficient (Wildman–Crippen LogP) is 3.34. The SMILES string of the molecule is Cc1ccc(Br)c(-c2nnc3ccc(C#N)cn23)c1. The van der Waals surface area contributed by atoms with Crippen molar-refractivity contribution in [3.05, 3.63) is 52.1 Å². The van der Waals surface area contributed by atoms with Gasteiger partial charge in [0.15, 0.2) is 11.5 Å². The minimum Gasteiger partial charge on any atom is -0.281 e. The molecule has 19 heavy (non-hydrogen) atoms. The smallest absolute Gasteiger partial charge is 0.169 e. The molecule has 0 N–H and O–H groups in total. The van der Waals surface area contributed by atoms with Crippen LogP contribution in [0.1, 0.15) is 11.1 Å². The number of hydrogen-bond donors (Lipinski definition) is 0. The fourth-order valence-electron chi connectivity index (χ4n) is 1.95. The summed E-state index contributed by atoms with van der Waals surface area (Å²) in [7, 11) is 0. The van der Waals surface area contributed by atoms with Gasteiger partial charge in [0.2, 0.25) is 0 Å². The molecular weight excluding hydrogens is 304 g/mol. The van der Waals surface area contributed by atoms with E-state index in [1.54, 1.807) is 18.3 Å². The highest BCUT2D eigenvalue weighted by Crippen LogP contribution is 2.28. The largest absolute Gasteiger partial charge is 0.281 e. The van der Waals surface area contributed by atoms with Crippen molar-refractivity contribution in [2.24, 2.45) is 0 Å². The molecule has 3 rings (SSSR count). The molecule has 0 aliphatic heterocycles. The minimum absolute atomic E-state index is 0.581. The van der Waals surface area contributed by atoms with E-state index in [0.29, 0.717) is 5.56 Å². The summed E-state index contributed by atoms with van der Waals surface area (Å²) in [6.45, 7) is 2.03. The van der Waals surface area contributed by atoms with Crippen LogP contribution >= 0.6 is 15.9 Å². The molecule has 0 fully saturated rings. The van der Waals surface area contributed by atoms with Crippen LogP contribution in [0.5, 0.6) is 0 Å². The molecule has 0 bridgehead atoms. The second kappa shape index (κ2) is 4.48. The first kappa shape index (κ1) is 11.9. The van der Waals surface area contributed by atoms with Gasteiger partial charge in [0.05, 0.1) is 5.56 Å². The van der Waals surface area contributed by atoms with Gasteiger partial charge in [-0.05, 0) is 31.2 Å². The first-order valence-corrected chi connectivity index (χ1v) is 6.50. The van der Waals surface area contributed by atoms with E-state index >= 15 is 0 Å². The Hall–Kier alpha value is -2.19. The first-order valence-electron chi connectivity index (χ1n) is 5.70. The van der Waals surface area contributed by atoms with Gasteiger partial charge < -0.3 is 0 Å². The third-order valence-corrected chi connectivity index (χ3v) is 3.59. The Kier molecular flexibility index (Phi) is 2.80. The Morgan fingerprint density at radius 1 is 1.21 bits per heavy atom. The number of aryl methyl sites for hydroxylation is 1. The van der Waals surface area contributed by atoms with Gasteiger partial charge in [-0.3, -0.25) is 4.40 Å².